The molecule has 0 aliphatic rings. The second-order valence-electron chi connectivity index (χ2n) is 4.42. The van der Waals surface area contributed by atoms with Crippen LogP contribution in [-0.4, -0.2) is 26.5 Å². The molecule has 1 unspecified atom stereocenters. The number of hydrogen-bond donors (Lipinski definition) is 1. The number of benzene rings is 1. The van der Waals surface area contributed by atoms with Gasteiger partial charge in [0.1, 0.15) is 5.25 Å². The van der Waals surface area contributed by atoms with Gasteiger partial charge in [0.2, 0.25) is 11.8 Å². The Bertz CT molecular complexity index is 598. The number of aryl methyl sites for hydroxylation is 1. The van der Waals surface area contributed by atoms with Gasteiger partial charge in [0, 0.05) is 5.56 Å². The van der Waals surface area contributed by atoms with E-state index in [1.807, 2.05) is 38.1 Å². The van der Waals surface area contributed by atoms with Crippen LogP contribution >= 0.6 is 11.8 Å². The zero-order valence-electron chi connectivity index (χ0n) is 11.4. The fraction of sp³-hybridized carbons (Fsp3) is 0.357. The van der Waals surface area contributed by atoms with E-state index >= 15 is 0 Å². The van der Waals surface area contributed by atoms with E-state index in [2.05, 4.69) is 10.2 Å². The number of nitrogens with zero attached hydrogens (tertiary/aromatic N) is 2. The van der Waals surface area contributed by atoms with Crippen LogP contribution in [0.1, 0.15) is 24.8 Å². The van der Waals surface area contributed by atoms with Crippen LogP contribution in [0.4, 0.5) is 0 Å². The summed E-state index contributed by atoms with van der Waals surface area (Å²) < 4.78 is 5.56. The van der Waals surface area contributed by atoms with Crippen molar-refractivity contribution >= 4 is 17.7 Å². The topological polar surface area (TPSA) is 76.2 Å². The zero-order chi connectivity index (χ0) is 14.5. The number of aliphatic carboxylic acids is 1. The van der Waals surface area contributed by atoms with Crippen LogP contribution in [0.5, 0.6) is 0 Å². The van der Waals surface area contributed by atoms with Crippen molar-refractivity contribution in [3.63, 3.8) is 0 Å². The third-order valence-electron chi connectivity index (χ3n) is 2.79. The fourth-order valence-electron chi connectivity index (χ4n) is 1.74. The minimum Gasteiger partial charge on any atom is -0.480 e. The Morgan fingerprint density at radius 1 is 1.45 bits per heavy atom. The predicted octanol–water partition coefficient (Wildman–Crippen LogP) is 3.14. The van der Waals surface area contributed by atoms with E-state index in [1.165, 1.54) is 11.8 Å². The molecule has 6 heteroatoms. The molecule has 0 saturated carbocycles. The summed E-state index contributed by atoms with van der Waals surface area (Å²) in [7, 11) is 0. The van der Waals surface area contributed by atoms with Crippen molar-refractivity contribution in [3.05, 3.63) is 35.7 Å². The van der Waals surface area contributed by atoms with E-state index in [1.54, 1.807) is 0 Å². The molecule has 0 fully saturated rings. The van der Waals surface area contributed by atoms with Crippen LogP contribution in [0.3, 0.4) is 0 Å². The summed E-state index contributed by atoms with van der Waals surface area (Å²) in [5.41, 5.74) is 1.99. The Morgan fingerprint density at radius 3 is 2.90 bits per heavy atom. The Labute approximate surface area is 121 Å². The lowest BCUT2D eigenvalue weighted by Crippen LogP contribution is -2.15. The van der Waals surface area contributed by atoms with Crippen LogP contribution in [0, 0.1) is 6.92 Å². The van der Waals surface area contributed by atoms with Gasteiger partial charge in [-0.05, 0) is 25.5 Å². The minimum atomic E-state index is -0.809. The Kier molecular flexibility index (Phi) is 4.79. The lowest BCUT2D eigenvalue weighted by atomic mass is 10.1. The van der Waals surface area contributed by atoms with Gasteiger partial charge in [-0.25, -0.2) is 0 Å². The highest BCUT2D eigenvalue weighted by molar-refractivity contribution is 7.99. The molecule has 1 aromatic heterocycles. The van der Waals surface area contributed by atoms with Crippen LogP contribution < -0.4 is 0 Å². The second kappa shape index (κ2) is 6.56. The van der Waals surface area contributed by atoms with Gasteiger partial charge in [-0.2, -0.15) is 0 Å². The van der Waals surface area contributed by atoms with Gasteiger partial charge in [0.25, 0.3) is 0 Å². The number of carbonyl (C=O) groups is 1. The normalized spacial score (nSPS) is 12.3. The van der Waals surface area contributed by atoms with Crippen LogP contribution in [0.25, 0.3) is 11.5 Å². The summed E-state index contributed by atoms with van der Waals surface area (Å²) >= 11 is 1.30. The Morgan fingerprint density at radius 2 is 2.25 bits per heavy atom. The summed E-state index contributed by atoms with van der Waals surface area (Å²) in [4.78, 5) is 10.9. The lowest BCUT2D eigenvalue weighted by molar-refractivity contribution is -0.136. The smallest absolute Gasteiger partial charge is 0.316 e. The molecular formula is C14H16N2O3S. The summed E-state index contributed by atoms with van der Waals surface area (Å²) in [5, 5.41) is 16.5. The molecule has 2 rings (SSSR count). The third-order valence-corrected chi connectivity index (χ3v) is 4.14. The SMILES string of the molecule is CCC(SCc1nnc(-c2cccc(C)c2)o1)C(=O)O. The van der Waals surface area contributed by atoms with Gasteiger partial charge in [-0.3, -0.25) is 4.79 Å². The lowest BCUT2D eigenvalue weighted by Gasteiger charge is -2.06. The number of rotatable bonds is 6. The molecule has 2 aromatic rings. The first-order chi connectivity index (χ1) is 9.60. The molecule has 1 heterocycles. The number of carboxylic acids is 1. The number of aromatic nitrogens is 2. The Balaban J connectivity index is 2.04. The average molecular weight is 292 g/mol. The van der Waals surface area contributed by atoms with Gasteiger partial charge >= 0.3 is 5.97 Å². The van der Waals surface area contributed by atoms with Crippen molar-refractivity contribution in [2.24, 2.45) is 0 Å². The van der Waals surface area contributed by atoms with E-state index in [0.29, 0.717) is 24.0 Å². The van der Waals surface area contributed by atoms with Crippen molar-refractivity contribution in [1.82, 2.24) is 10.2 Å². The van der Waals surface area contributed by atoms with Crippen molar-refractivity contribution in [2.45, 2.75) is 31.3 Å². The standard InChI is InChI=1S/C14H16N2O3S/c1-3-11(14(17)18)20-8-12-15-16-13(19-12)10-6-4-5-9(2)7-10/h4-7,11H,3,8H2,1-2H3,(H,17,18). The summed E-state index contributed by atoms with van der Waals surface area (Å²) in [6, 6.07) is 7.80. The van der Waals surface area contributed by atoms with Crippen molar-refractivity contribution < 1.29 is 14.3 Å². The maximum Gasteiger partial charge on any atom is 0.316 e. The number of thioether (sulfide) groups is 1. The molecule has 20 heavy (non-hydrogen) atoms. The first-order valence-corrected chi connectivity index (χ1v) is 7.39. The molecule has 0 bridgehead atoms. The van der Waals surface area contributed by atoms with Gasteiger partial charge in [0.15, 0.2) is 0 Å². The molecule has 106 valence electrons. The highest BCUT2D eigenvalue weighted by Crippen LogP contribution is 2.23. The number of carboxylic acid groups (broad SMARTS) is 1. The molecule has 0 amide bonds. The van der Waals surface area contributed by atoms with E-state index in [0.717, 1.165) is 11.1 Å². The van der Waals surface area contributed by atoms with Crippen LogP contribution in [0.15, 0.2) is 28.7 Å². The summed E-state index contributed by atoms with van der Waals surface area (Å²) in [6.45, 7) is 3.84. The highest BCUT2D eigenvalue weighted by Gasteiger charge is 2.17. The van der Waals surface area contributed by atoms with Crippen LogP contribution in [-0.2, 0) is 10.5 Å². The second-order valence-corrected chi connectivity index (χ2v) is 5.61. The first-order valence-electron chi connectivity index (χ1n) is 6.34. The minimum absolute atomic E-state index is 0.406. The first kappa shape index (κ1) is 14.6. The molecule has 0 aliphatic carbocycles. The van der Waals surface area contributed by atoms with Crippen molar-refractivity contribution in [2.75, 3.05) is 0 Å². The molecular weight excluding hydrogens is 276 g/mol. The molecule has 1 aromatic carbocycles. The maximum absolute atomic E-state index is 10.9. The monoisotopic (exact) mass is 292 g/mol. The zero-order valence-corrected chi connectivity index (χ0v) is 12.2. The largest absolute Gasteiger partial charge is 0.480 e. The van der Waals surface area contributed by atoms with Gasteiger partial charge in [-0.1, -0.05) is 24.6 Å². The molecule has 1 N–H and O–H groups in total. The van der Waals surface area contributed by atoms with Crippen molar-refractivity contribution in [3.8, 4) is 11.5 Å². The van der Waals surface area contributed by atoms with E-state index in [4.69, 9.17) is 9.52 Å². The molecule has 5 nitrogen and oxygen atoms in total. The van der Waals surface area contributed by atoms with E-state index in [9.17, 15) is 4.79 Å². The molecule has 1 atom stereocenters. The quantitative estimate of drug-likeness (QED) is 0.881. The van der Waals surface area contributed by atoms with E-state index in [-0.39, 0.29) is 0 Å². The average Bonchev–Trinajstić information content (AvgIpc) is 2.88. The van der Waals surface area contributed by atoms with Crippen molar-refractivity contribution in [1.29, 1.82) is 0 Å². The summed E-state index contributed by atoms with van der Waals surface area (Å²) in [5.74, 6) is 0.513. The fourth-order valence-corrected chi connectivity index (χ4v) is 2.58. The molecule has 0 spiro atoms. The Hall–Kier alpha value is -1.82. The highest BCUT2D eigenvalue weighted by atomic mass is 32.2. The van der Waals surface area contributed by atoms with Crippen LogP contribution in [0.2, 0.25) is 0 Å². The molecule has 0 aliphatic heterocycles. The number of hydrogen-bond acceptors (Lipinski definition) is 5. The van der Waals surface area contributed by atoms with Gasteiger partial charge in [-0.15, -0.1) is 22.0 Å². The molecule has 0 saturated heterocycles. The van der Waals surface area contributed by atoms with Gasteiger partial charge < -0.3 is 9.52 Å². The predicted molar refractivity (Wildman–Crippen MR) is 77.5 cm³/mol. The molecule has 0 radical (unpaired) electrons. The van der Waals surface area contributed by atoms with E-state index < -0.39 is 11.2 Å². The van der Waals surface area contributed by atoms with Gasteiger partial charge in [0.05, 0.1) is 5.75 Å². The maximum atomic E-state index is 10.9. The summed E-state index contributed by atoms with van der Waals surface area (Å²) in [6.07, 6.45) is 0.568. The third kappa shape index (κ3) is 3.60.